The van der Waals surface area contributed by atoms with Crippen molar-refractivity contribution in [1.29, 1.82) is 0 Å². The molecule has 226 valence electrons. The number of fused-ring (bicyclic) bond motifs is 1. The summed E-state index contributed by atoms with van der Waals surface area (Å²) >= 11 is 0. The van der Waals surface area contributed by atoms with Gasteiger partial charge < -0.3 is 29.4 Å². The monoisotopic (exact) mass is 590 g/mol. The van der Waals surface area contributed by atoms with Crippen LogP contribution < -0.4 is 10.1 Å². The maximum Gasteiger partial charge on any atom is 0.407 e. The van der Waals surface area contributed by atoms with Gasteiger partial charge in [-0.05, 0) is 48.6 Å². The molecule has 1 saturated heterocycles. The number of amides is 1. The minimum Gasteiger partial charge on any atom is -0.497 e. The molecule has 10 nitrogen and oxygen atoms in total. The summed E-state index contributed by atoms with van der Waals surface area (Å²) in [5.41, 5.74) is 0.886. The van der Waals surface area contributed by atoms with Gasteiger partial charge in [0.2, 0.25) is 10.0 Å². The maximum atomic E-state index is 13.6. The van der Waals surface area contributed by atoms with Crippen molar-refractivity contribution in [1.82, 2.24) is 9.62 Å². The summed E-state index contributed by atoms with van der Waals surface area (Å²) < 4.78 is 50.7. The van der Waals surface area contributed by atoms with E-state index in [0.717, 1.165) is 5.56 Å². The van der Waals surface area contributed by atoms with E-state index < -0.39 is 28.3 Å². The van der Waals surface area contributed by atoms with Gasteiger partial charge in [0.25, 0.3) is 0 Å². The number of sulfonamides is 1. The van der Waals surface area contributed by atoms with Crippen LogP contribution in [-0.2, 0) is 30.7 Å². The minimum atomic E-state index is -3.94. The Kier molecular flexibility index (Phi) is 10.6. The van der Waals surface area contributed by atoms with Crippen molar-refractivity contribution >= 4 is 16.1 Å². The third-order valence-corrected chi connectivity index (χ3v) is 9.61. The summed E-state index contributed by atoms with van der Waals surface area (Å²) in [7, 11) is -0.769. The normalized spacial score (nSPS) is 23.8. The Hall–Kier alpha value is -2.70. The van der Waals surface area contributed by atoms with Crippen LogP contribution >= 0.6 is 0 Å². The summed E-state index contributed by atoms with van der Waals surface area (Å²) in [6.07, 6.45) is -0.682. The first-order valence-corrected chi connectivity index (χ1v) is 15.5. The number of alkyl carbamates (subject to hydrolysis) is 1. The van der Waals surface area contributed by atoms with Gasteiger partial charge in [-0.15, -0.1) is 0 Å². The van der Waals surface area contributed by atoms with E-state index in [1.54, 1.807) is 19.2 Å². The molecule has 0 spiro atoms. The number of nitrogens with one attached hydrogen (secondary N) is 1. The molecule has 1 aliphatic carbocycles. The average molecular weight is 591 g/mol. The largest absolute Gasteiger partial charge is 0.497 e. The number of hydrogen-bond donors (Lipinski definition) is 2. The number of methoxy groups -OCH3 is 2. The van der Waals surface area contributed by atoms with Crippen LogP contribution in [0, 0.1) is 11.8 Å². The van der Waals surface area contributed by atoms with E-state index in [9.17, 15) is 18.3 Å². The second-order valence-electron chi connectivity index (χ2n) is 11.2. The first-order valence-electron chi connectivity index (χ1n) is 14.1. The molecule has 1 heterocycles. The molecule has 0 aromatic heterocycles. The molecule has 1 saturated carbocycles. The molecule has 0 bridgehead atoms. The highest BCUT2D eigenvalue weighted by molar-refractivity contribution is 7.89. The Morgan fingerprint density at radius 3 is 2.41 bits per heavy atom. The molecule has 6 atom stereocenters. The van der Waals surface area contributed by atoms with E-state index in [0.29, 0.717) is 31.6 Å². The van der Waals surface area contributed by atoms with Crippen LogP contribution in [0.25, 0.3) is 0 Å². The molecule has 0 radical (unpaired) electrons. The maximum absolute atomic E-state index is 13.6. The van der Waals surface area contributed by atoms with Crippen LogP contribution in [0.5, 0.6) is 5.75 Å². The number of nitrogens with zero attached hydrogens (tertiary/aromatic N) is 1. The zero-order chi connectivity index (χ0) is 29.6. The van der Waals surface area contributed by atoms with Crippen LogP contribution in [0.4, 0.5) is 4.79 Å². The lowest BCUT2D eigenvalue weighted by Crippen LogP contribution is -2.51. The topological polar surface area (TPSA) is 124 Å². The first kappa shape index (κ1) is 31.2. The van der Waals surface area contributed by atoms with Gasteiger partial charge >= 0.3 is 6.09 Å². The van der Waals surface area contributed by atoms with Crippen molar-refractivity contribution in [3.63, 3.8) is 0 Å². The number of ether oxygens (including phenoxy) is 4. The number of benzene rings is 2. The van der Waals surface area contributed by atoms with E-state index in [2.05, 4.69) is 5.32 Å². The van der Waals surface area contributed by atoms with Crippen LogP contribution in [0.1, 0.15) is 32.3 Å². The summed E-state index contributed by atoms with van der Waals surface area (Å²) in [5.74, 6) is 0.720. The van der Waals surface area contributed by atoms with E-state index in [1.807, 2.05) is 44.2 Å². The Bertz CT molecular complexity index is 1220. The Morgan fingerprint density at radius 2 is 1.78 bits per heavy atom. The van der Waals surface area contributed by atoms with Gasteiger partial charge in [0.15, 0.2) is 0 Å². The number of aliphatic hydroxyl groups is 1. The zero-order valence-electron chi connectivity index (χ0n) is 24.1. The molecule has 2 N–H and O–H groups in total. The molecule has 1 unspecified atom stereocenters. The van der Waals surface area contributed by atoms with Crippen LogP contribution in [0.15, 0.2) is 59.5 Å². The van der Waals surface area contributed by atoms with Crippen molar-refractivity contribution in [2.75, 3.05) is 33.9 Å². The van der Waals surface area contributed by atoms with Gasteiger partial charge in [-0.25, -0.2) is 13.2 Å². The third kappa shape index (κ3) is 7.98. The molecule has 2 aromatic rings. The van der Waals surface area contributed by atoms with E-state index in [4.69, 9.17) is 18.9 Å². The van der Waals surface area contributed by atoms with Crippen LogP contribution in [0.2, 0.25) is 0 Å². The molecule has 2 aliphatic rings. The summed E-state index contributed by atoms with van der Waals surface area (Å²) in [4.78, 5) is 13.2. The summed E-state index contributed by atoms with van der Waals surface area (Å²) in [6, 6.07) is 14.8. The number of rotatable bonds is 13. The standard InChI is InChI=1S/C30H42N2O8S/c1-20(2)17-32(41(35,36)24-12-10-22(37-3)11-13-24)18-27(33)26(14-21-8-6-5-7-9-21)31-30(34)40-23-15-25-28(16-23)39-19-29(25)38-4/h5-13,20,23,25-29,33H,14-19H2,1-4H3,(H,31,34)/t23-,25+,26+,27?,28-,29+/m1/s1. The van der Waals surface area contributed by atoms with E-state index in [1.165, 1.54) is 23.5 Å². The lowest BCUT2D eigenvalue weighted by atomic mass is 10.0. The second kappa shape index (κ2) is 14.0. The molecule has 4 rings (SSSR count). The molecule has 2 aromatic carbocycles. The number of carbonyl (C=O) groups excluding carboxylic acids is 1. The van der Waals surface area contributed by atoms with Crippen LogP contribution in [0.3, 0.4) is 0 Å². The van der Waals surface area contributed by atoms with Crippen molar-refractivity contribution in [3.8, 4) is 5.75 Å². The van der Waals surface area contributed by atoms with Gasteiger partial charge in [-0.1, -0.05) is 44.2 Å². The first-order chi connectivity index (χ1) is 19.6. The average Bonchev–Trinajstić information content (AvgIpc) is 3.52. The fraction of sp³-hybridized carbons (Fsp3) is 0.567. The van der Waals surface area contributed by atoms with Crippen molar-refractivity contribution in [2.24, 2.45) is 11.8 Å². The Balaban J connectivity index is 1.48. The van der Waals surface area contributed by atoms with Crippen molar-refractivity contribution in [2.45, 2.75) is 68.5 Å². The fourth-order valence-corrected chi connectivity index (χ4v) is 7.27. The highest BCUT2D eigenvalue weighted by Crippen LogP contribution is 2.38. The molecule has 41 heavy (non-hydrogen) atoms. The fourth-order valence-electron chi connectivity index (χ4n) is 5.65. The minimum absolute atomic E-state index is 0.000634. The summed E-state index contributed by atoms with van der Waals surface area (Å²) in [6.45, 7) is 4.35. The van der Waals surface area contributed by atoms with Gasteiger partial charge in [0.05, 0.1) is 43.0 Å². The lowest BCUT2D eigenvalue weighted by molar-refractivity contribution is 0.0297. The highest BCUT2D eigenvalue weighted by Gasteiger charge is 2.46. The lowest BCUT2D eigenvalue weighted by Gasteiger charge is -2.31. The SMILES string of the molecule is COc1ccc(S(=O)(=O)N(CC(C)C)CC(O)[C@H](Cc2ccccc2)NC(=O)O[C@@H]2C[C@@H]3[C@@H](OC)CO[C@@H]3C2)cc1. The molecule has 2 fully saturated rings. The van der Waals surface area contributed by atoms with Crippen molar-refractivity contribution < 1.29 is 37.3 Å². The number of carbonyl (C=O) groups is 1. The number of aliphatic hydroxyl groups excluding tert-OH is 1. The molecular weight excluding hydrogens is 548 g/mol. The van der Waals surface area contributed by atoms with Crippen LogP contribution in [-0.4, -0.2) is 88.3 Å². The Morgan fingerprint density at radius 1 is 1.07 bits per heavy atom. The number of hydrogen-bond acceptors (Lipinski definition) is 8. The third-order valence-electron chi connectivity index (χ3n) is 7.76. The van der Waals surface area contributed by atoms with E-state index >= 15 is 0 Å². The van der Waals surface area contributed by atoms with Gasteiger partial charge in [-0.2, -0.15) is 4.31 Å². The van der Waals surface area contributed by atoms with Gasteiger partial charge in [-0.3, -0.25) is 0 Å². The quantitative estimate of drug-likeness (QED) is 0.365. The van der Waals surface area contributed by atoms with Crippen molar-refractivity contribution in [3.05, 3.63) is 60.2 Å². The smallest absolute Gasteiger partial charge is 0.407 e. The van der Waals surface area contributed by atoms with Gasteiger partial charge in [0.1, 0.15) is 11.9 Å². The molecule has 1 aliphatic heterocycles. The van der Waals surface area contributed by atoms with Gasteiger partial charge in [0, 0.05) is 32.5 Å². The predicted octanol–water partition coefficient (Wildman–Crippen LogP) is 3.23. The van der Waals surface area contributed by atoms with E-state index in [-0.39, 0.29) is 48.1 Å². The molecular formula is C30H42N2O8S. The molecule has 11 heteroatoms. The summed E-state index contributed by atoms with van der Waals surface area (Å²) in [5, 5.41) is 14.2. The highest BCUT2D eigenvalue weighted by atomic mass is 32.2. The molecule has 1 amide bonds. The zero-order valence-corrected chi connectivity index (χ0v) is 25.0. The Labute approximate surface area is 243 Å². The predicted molar refractivity (Wildman–Crippen MR) is 153 cm³/mol. The second-order valence-corrected chi connectivity index (χ2v) is 13.1.